The van der Waals surface area contributed by atoms with Crippen LogP contribution in [0.2, 0.25) is 0 Å². The summed E-state index contributed by atoms with van der Waals surface area (Å²) in [6.07, 6.45) is 0.711. The predicted molar refractivity (Wildman–Crippen MR) is 153 cm³/mol. The Balaban J connectivity index is 1.28. The highest BCUT2D eigenvalue weighted by atomic mass is 16.6. The zero-order valence-corrected chi connectivity index (χ0v) is 22.5. The van der Waals surface area contributed by atoms with E-state index >= 15 is 0 Å². The number of nitrogens with one attached hydrogen (secondary N) is 3. The van der Waals surface area contributed by atoms with Gasteiger partial charge in [-0.3, -0.25) is 9.59 Å². The van der Waals surface area contributed by atoms with Crippen LogP contribution >= 0.6 is 0 Å². The summed E-state index contributed by atoms with van der Waals surface area (Å²) in [5.41, 5.74) is 8.84. The molecule has 0 aromatic heterocycles. The number of benzene rings is 3. The molecule has 3 aromatic rings. The number of aliphatic imine (C=N–C) groups is 1. The van der Waals surface area contributed by atoms with Crippen molar-refractivity contribution in [3.05, 3.63) is 107 Å². The quantitative estimate of drug-likeness (QED) is 0.243. The summed E-state index contributed by atoms with van der Waals surface area (Å²) < 4.78 is 5.12. The fraction of sp³-hybridized carbons (Fsp3) is 0.290. The average molecular weight is 542 g/mol. The molecule has 1 aliphatic rings. The van der Waals surface area contributed by atoms with Gasteiger partial charge in [-0.1, -0.05) is 72.8 Å². The molecule has 4 rings (SSSR count). The van der Waals surface area contributed by atoms with Crippen molar-refractivity contribution in [3.8, 4) is 0 Å². The van der Waals surface area contributed by atoms with Crippen LogP contribution in [0.25, 0.3) is 0 Å². The molecule has 9 heteroatoms. The van der Waals surface area contributed by atoms with Crippen LogP contribution in [0.5, 0.6) is 0 Å². The molecule has 9 nitrogen and oxygen atoms in total. The summed E-state index contributed by atoms with van der Waals surface area (Å²) in [4.78, 5) is 41.4. The molecular formula is C31H35N5O4. The van der Waals surface area contributed by atoms with Gasteiger partial charge in [-0.25, -0.2) is 9.79 Å². The second-order valence-corrected chi connectivity index (χ2v) is 9.81. The third-order valence-electron chi connectivity index (χ3n) is 6.86. The summed E-state index contributed by atoms with van der Waals surface area (Å²) in [7, 11) is 0. The third-order valence-corrected chi connectivity index (χ3v) is 6.86. The van der Waals surface area contributed by atoms with Gasteiger partial charge in [0.2, 0.25) is 17.7 Å². The minimum absolute atomic E-state index is 0.120. The number of hydrogen-bond acceptors (Lipinski definition) is 6. The van der Waals surface area contributed by atoms with Crippen molar-refractivity contribution in [3.63, 3.8) is 0 Å². The Labute approximate surface area is 234 Å². The molecule has 3 atom stereocenters. The van der Waals surface area contributed by atoms with Crippen LogP contribution in [-0.2, 0) is 27.4 Å². The van der Waals surface area contributed by atoms with Crippen molar-refractivity contribution in [1.82, 2.24) is 16.0 Å². The van der Waals surface area contributed by atoms with Gasteiger partial charge in [0, 0.05) is 12.1 Å². The molecule has 1 aliphatic heterocycles. The molecule has 3 amide bonds. The first-order valence-electron chi connectivity index (χ1n) is 13.4. The first-order chi connectivity index (χ1) is 19.4. The molecule has 0 saturated carbocycles. The summed E-state index contributed by atoms with van der Waals surface area (Å²) in [5, 5.41) is 8.97. The fourth-order valence-electron chi connectivity index (χ4n) is 4.66. The Hall–Kier alpha value is -4.50. The maximum Gasteiger partial charge on any atom is 0.411 e. The SMILES string of the molecule is C[C@H](NC(=O)[C@H]1C[C@@H](c2ccccc2)CCN1)C(=O)NCc1ccc(C(=NCc2ccccc2)OC(N)=O)cc1. The van der Waals surface area contributed by atoms with Crippen molar-refractivity contribution in [1.29, 1.82) is 0 Å². The lowest BCUT2D eigenvalue weighted by Crippen LogP contribution is -2.53. The van der Waals surface area contributed by atoms with Gasteiger partial charge >= 0.3 is 6.09 Å². The number of amides is 3. The second-order valence-electron chi connectivity index (χ2n) is 9.81. The number of hydrogen-bond donors (Lipinski definition) is 4. The number of ether oxygens (including phenoxy) is 1. The van der Waals surface area contributed by atoms with Crippen LogP contribution in [0.15, 0.2) is 89.9 Å². The number of rotatable bonds is 9. The van der Waals surface area contributed by atoms with Gasteiger partial charge in [-0.2, -0.15) is 0 Å². The van der Waals surface area contributed by atoms with E-state index in [0.29, 0.717) is 24.4 Å². The maximum atomic E-state index is 12.9. The fourth-order valence-corrected chi connectivity index (χ4v) is 4.66. The van der Waals surface area contributed by atoms with E-state index in [1.165, 1.54) is 5.56 Å². The lowest BCUT2D eigenvalue weighted by Gasteiger charge is -2.30. The summed E-state index contributed by atoms with van der Waals surface area (Å²) in [5.74, 6) is -0.0314. The normalized spacial score (nSPS) is 17.9. The molecule has 3 aromatic carbocycles. The molecule has 0 spiro atoms. The number of piperidine rings is 1. The lowest BCUT2D eigenvalue weighted by atomic mass is 9.86. The van der Waals surface area contributed by atoms with Crippen molar-refractivity contribution >= 4 is 23.8 Å². The van der Waals surface area contributed by atoms with Crippen molar-refractivity contribution in [2.24, 2.45) is 10.7 Å². The first-order valence-corrected chi connectivity index (χ1v) is 13.4. The summed E-state index contributed by atoms with van der Waals surface area (Å²) in [6.45, 7) is 3.01. The van der Waals surface area contributed by atoms with E-state index in [-0.39, 0.29) is 30.3 Å². The molecule has 40 heavy (non-hydrogen) atoms. The summed E-state index contributed by atoms with van der Waals surface area (Å²) in [6, 6.07) is 25.8. The first kappa shape index (κ1) is 28.5. The Bertz CT molecular complexity index is 1310. The van der Waals surface area contributed by atoms with Gasteiger partial charge < -0.3 is 26.4 Å². The summed E-state index contributed by atoms with van der Waals surface area (Å²) >= 11 is 0. The van der Waals surface area contributed by atoms with Crippen LogP contribution < -0.4 is 21.7 Å². The number of primary amides is 1. The zero-order chi connectivity index (χ0) is 28.3. The monoisotopic (exact) mass is 541 g/mol. The Morgan fingerprint density at radius 3 is 2.33 bits per heavy atom. The second kappa shape index (κ2) is 14.0. The van der Waals surface area contributed by atoms with E-state index in [4.69, 9.17) is 10.5 Å². The number of nitrogens with two attached hydrogens (primary N) is 1. The molecule has 1 heterocycles. The van der Waals surface area contributed by atoms with E-state index in [9.17, 15) is 14.4 Å². The van der Waals surface area contributed by atoms with Gasteiger partial charge in [-0.05, 0) is 61.1 Å². The van der Waals surface area contributed by atoms with E-state index in [0.717, 1.165) is 24.1 Å². The predicted octanol–water partition coefficient (Wildman–Crippen LogP) is 3.39. The van der Waals surface area contributed by atoms with E-state index < -0.39 is 12.1 Å². The van der Waals surface area contributed by atoms with Crippen LogP contribution in [-0.4, -0.2) is 42.4 Å². The van der Waals surface area contributed by atoms with Crippen molar-refractivity contribution < 1.29 is 19.1 Å². The average Bonchev–Trinajstić information content (AvgIpc) is 2.99. The molecule has 1 saturated heterocycles. The highest BCUT2D eigenvalue weighted by molar-refractivity contribution is 5.99. The molecule has 0 radical (unpaired) electrons. The van der Waals surface area contributed by atoms with Gasteiger partial charge in [0.05, 0.1) is 12.6 Å². The largest absolute Gasteiger partial charge is 0.411 e. The van der Waals surface area contributed by atoms with E-state index in [1.807, 2.05) is 48.5 Å². The van der Waals surface area contributed by atoms with Crippen LogP contribution in [0.4, 0.5) is 4.79 Å². The minimum atomic E-state index is -0.946. The topological polar surface area (TPSA) is 135 Å². The zero-order valence-electron chi connectivity index (χ0n) is 22.5. The Kier molecular flexibility index (Phi) is 10.0. The molecule has 0 aliphatic carbocycles. The molecule has 0 unspecified atom stereocenters. The highest BCUT2D eigenvalue weighted by Crippen LogP contribution is 2.27. The van der Waals surface area contributed by atoms with E-state index in [2.05, 4.69) is 33.1 Å². The molecular weight excluding hydrogens is 506 g/mol. The van der Waals surface area contributed by atoms with Gasteiger partial charge in [0.15, 0.2) is 0 Å². The smallest absolute Gasteiger partial charge is 0.391 e. The van der Waals surface area contributed by atoms with E-state index in [1.54, 1.807) is 31.2 Å². The highest BCUT2D eigenvalue weighted by Gasteiger charge is 2.29. The third kappa shape index (κ3) is 8.25. The minimum Gasteiger partial charge on any atom is -0.391 e. The van der Waals surface area contributed by atoms with Crippen molar-refractivity contribution in [2.75, 3.05) is 6.54 Å². The Morgan fingerprint density at radius 1 is 0.975 bits per heavy atom. The standard InChI is InChI=1S/C31H35N5O4/c1-21(36-29(38)27-18-26(16-17-33-27)24-10-6-3-7-11-24)28(37)34-19-23-12-14-25(15-13-23)30(40-31(32)39)35-20-22-8-4-2-5-9-22/h2-15,21,26-27,33H,16-20H2,1H3,(H2,32,39)(H,34,37)(H,36,38)/t21-,26-,27+/m0/s1. The van der Waals surface area contributed by atoms with Gasteiger partial charge in [0.25, 0.3) is 0 Å². The van der Waals surface area contributed by atoms with Crippen molar-refractivity contribution in [2.45, 2.75) is 50.9 Å². The number of carbonyl (C=O) groups is 3. The molecule has 1 fully saturated rings. The maximum absolute atomic E-state index is 12.9. The molecule has 5 N–H and O–H groups in total. The Morgan fingerprint density at radius 2 is 1.65 bits per heavy atom. The number of carbonyl (C=O) groups excluding carboxylic acids is 3. The molecule has 208 valence electrons. The lowest BCUT2D eigenvalue weighted by molar-refractivity contribution is -0.130. The van der Waals surface area contributed by atoms with Gasteiger partial charge in [-0.15, -0.1) is 0 Å². The van der Waals surface area contributed by atoms with Crippen LogP contribution in [0.1, 0.15) is 47.9 Å². The molecule has 0 bridgehead atoms. The van der Waals surface area contributed by atoms with Gasteiger partial charge in [0.1, 0.15) is 6.04 Å². The van der Waals surface area contributed by atoms with Crippen LogP contribution in [0, 0.1) is 0 Å². The number of nitrogens with zero attached hydrogens (tertiary/aromatic N) is 1. The van der Waals surface area contributed by atoms with Crippen LogP contribution in [0.3, 0.4) is 0 Å².